The van der Waals surface area contributed by atoms with Gasteiger partial charge in [0.25, 0.3) is 0 Å². The second-order valence-corrected chi connectivity index (χ2v) is 9.96. The summed E-state index contributed by atoms with van der Waals surface area (Å²) < 4.78 is 16.2. The molecule has 0 aromatic rings. The van der Waals surface area contributed by atoms with Crippen LogP contribution in [0, 0.1) is 0 Å². The van der Waals surface area contributed by atoms with Crippen molar-refractivity contribution in [3.8, 4) is 0 Å². The average Bonchev–Trinajstić information content (AvgIpc) is 2.81. The van der Waals surface area contributed by atoms with E-state index in [4.69, 9.17) is 25.1 Å². The number of nitrogens with one attached hydrogen (secondary N) is 2. The van der Waals surface area contributed by atoms with Crippen LogP contribution >= 0.6 is 0 Å². The Kier molecular flexibility index (Phi) is 14.3. The summed E-state index contributed by atoms with van der Waals surface area (Å²) in [5.41, 5.74) is 4.99. The predicted octanol–water partition coefficient (Wildman–Crippen LogP) is -1.44. The fourth-order valence-corrected chi connectivity index (χ4v) is 3.59. The van der Waals surface area contributed by atoms with Crippen LogP contribution in [0.25, 0.3) is 0 Å². The molecule has 0 spiro atoms. The van der Waals surface area contributed by atoms with Gasteiger partial charge in [-0.25, -0.2) is 4.79 Å². The number of carbonyl (C=O) groups excluding carboxylic acids is 2. The van der Waals surface area contributed by atoms with Crippen LogP contribution in [0.2, 0.25) is 0 Å². The number of aliphatic hydroxyl groups excluding tert-OH is 4. The lowest BCUT2D eigenvalue weighted by molar-refractivity contribution is -0.310. The molecule has 1 heterocycles. The molecule has 9 N–H and O–H groups in total. The molecule has 1 saturated heterocycles. The summed E-state index contributed by atoms with van der Waals surface area (Å²) in [6.45, 7) is 4.65. The lowest BCUT2D eigenvalue weighted by atomic mass is 9.99. The average molecular weight is 538 g/mol. The van der Waals surface area contributed by atoms with Crippen molar-refractivity contribution in [1.29, 1.82) is 0 Å². The Balaban J connectivity index is 2.74. The first-order chi connectivity index (χ1) is 17.3. The summed E-state index contributed by atoms with van der Waals surface area (Å²) in [5.74, 6) is -1.36. The number of nitrogens with two attached hydrogens (primary N) is 1. The van der Waals surface area contributed by atoms with Crippen LogP contribution in [0.15, 0.2) is 0 Å². The number of aliphatic hydroxyl groups is 4. The van der Waals surface area contributed by atoms with E-state index in [1.54, 1.807) is 20.8 Å². The van der Waals surface area contributed by atoms with Crippen molar-refractivity contribution in [2.24, 2.45) is 5.73 Å². The van der Waals surface area contributed by atoms with Crippen LogP contribution in [-0.2, 0) is 23.8 Å². The standard InChI is InChI=1S/C23H43N3O11/c1-23(2,3)37-22(34)26-14(20(33)25-10-6-4-5-7-16(28)29)9-8-13(11-24)35-21-19(32)18(31)17(30)15(12-27)36-21/h13-15,17-19,21,27,30-32H,4-12,24H2,1-3H3,(H,25,33)(H,26,34)(H,28,29)/t13-,14+,15-,17+,18+,19-,21-/m1/s1. The van der Waals surface area contributed by atoms with Gasteiger partial charge in [-0.1, -0.05) is 6.42 Å². The molecule has 216 valence electrons. The van der Waals surface area contributed by atoms with E-state index >= 15 is 0 Å². The van der Waals surface area contributed by atoms with Crippen LogP contribution in [-0.4, -0.2) is 112 Å². The Morgan fingerprint density at radius 2 is 1.70 bits per heavy atom. The maximum absolute atomic E-state index is 12.8. The van der Waals surface area contributed by atoms with Crippen molar-refractivity contribution < 1.29 is 54.1 Å². The number of hydrogen-bond acceptors (Lipinski definition) is 11. The third-order valence-electron chi connectivity index (χ3n) is 5.59. The maximum Gasteiger partial charge on any atom is 0.408 e. The second-order valence-electron chi connectivity index (χ2n) is 9.96. The van der Waals surface area contributed by atoms with Crippen LogP contribution in [0.3, 0.4) is 0 Å². The lowest BCUT2D eigenvalue weighted by Crippen LogP contribution is -2.60. The number of ether oxygens (including phenoxy) is 3. The van der Waals surface area contributed by atoms with Gasteiger partial charge < -0.3 is 56.1 Å². The van der Waals surface area contributed by atoms with E-state index in [0.717, 1.165) is 0 Å². The zero-order chi connectivity index (χ0) is 28.2. The van der Waals surface area contributed by atoms with E-state index < -0.39 is 73.0 Å². The Hall–Kier alpha value is -2.07. The first kappa shape index (κ1) is 33.0. The van der Waals surface area contributed by atoms with Crippen molar-refractivity contribution in [2.45, 2.75) is 108 Å². The van der Waals surface area contributed by atoms with Gasteiger partial charge in [-0.2, -0.15) is 0 Å². The van der Waals surface area contributed by atoms with Gasteiger partial charge in [0.05, 0.1) is 12.7 Å². The smallest absolute Gasteiger partial charge is 0.408 e. The zero-order valence-corrected chi connectivity index (χ0v) is 21.7. The van der Waals surface area contributed by atoms with E-state index in [9.17, 15) is 34.8 Å². The van der Waals surface area contributed by atoms with Crippen LogP contribution in [0.1, 0.15) is 59.3 Å². The summed E-state index contributed by atoms with van der Waals surface area (Å²) in [5, 5.41) is 53.3. The molecule has 14 heteroatoms. The van der Waals surface area contributed by atoms with Crippen molar-refractivity contribution >= 4 is 18.0 Å². The van der Waals surface area contributed by atoms with Crippen molar-refractivity contribution in [2.75, 3.05) is 19.7 Å². The highest BCUT2D eigenvalue weighted by Crippen LogP contribution is 2.24. The number of amides is 2. The van der Waals surface area contributed by atoms with Gasteiger partial charge in [-0.15, -0.1) is 0 Å². The molecule has 0 saturated carbocycles. The number of hydrogen-bond donors (Lipinski definition) is 8. The molecule has 0 aromatic carbocycles. The molecule has 1 aliphatic heterocycles. The molecule has 7 atom stereocenters. The monoisotopic (exact) mass is 537 g/mol. The molecular weight excluding hydrogens is 494 g/mol. The molecule has 37 heavy (non-hydrogen) atoms. The van der Waals surface area contributed by atoms with Gasteiger partial charge in [-0.05, 0) is 46.5 Å². The van der Waals surface area contributed by atoms with Crippen LogP contribution in [0.5, 0.6) is 0 Å². The minimum absolute atomic E-state index is 0.0473. The predicted molar refractivity (Wildman–Crippen MR) is 129 cm³/mol. The number of alkyl carbamates (subject to hydrolysis) is 1. The molecule has 1 rings (SSSR count). The van der Waals surface area contributed by atoms with E-state index in [2.05, 4.69) is 10.6 Å². The summed E-state index contributed by atoms with van der Waals surface area (Å²) in [6.07, 6.45) is -6.95. The first-order valence-corrected chi connectivity index (χ1v) is 12.4. The number of rotatable bonds is 15. The van der Waals surface area contributed by atoms with Crippen molar-refractivity contribution in [3.63, 3.8) is 0 Å². The highest BCUT2D eigenvalue weighted by atomic mass is 16.7. The molecule has 0 radical (unpaired) electrons. The van der Waals surface area contributed by atoms with Gasteiger partial charge >= 0.3 is 12.1 Å². The minimum Gasteiger partial charge on any atom is -0.481 e. The third kappa shape index (κ3) is 12.3. The van der Waals surface area contributed by atoms with Gasteiger partial charge in [0.15, 0.2) is 6.29 Å². The molecule has 0 unspecified atom stereocenters. The molecule has 1 fully saturated rings. The fraction of sp³-hybridized carbons (Fsp3) is 0.870. The third-order valence-corrected chi connectivity index (χ3v) is 5.59. The first-order valence-electron chi connectivity index (χ1n) is 12.4. The summed E-state index contributed by atoms with van der Waals surface area (Å²) in [7, 11) is 0. The van der Waals surface area contributed by atoms with E-state index in [-0.39, 0.29) is 32.4 Å². The van der Waals surface area contributed by atoms with E-state index in [1.165, 1.54) is 0 Å². The maximum atomic E-state index is 12.8. The van der Waals surface area contributed by atoms with Crippen molar-refractivity contribution in [3.05, 3.63) is 0 Å². The number of carboxylic acid groups (broad SMARTS) is 1. The second kappa shape index (κ2) is 16.0. The number of unbranched alkanes of at least 4 members (excludes halogenated alkanes) is 2. The SMILES string of the molecule is CC(C)(C)OC(=O)N[C@@H](CC[C@H](CN)O[C@@H]1O[C@H](CO)[C@H](O)[C@H](O)[C@H]1O)C(=O)NCCCCCC(=O)O. The molecule has 0 aliphatic carbocycles. The Morgan fingerprint density at radius 1 is 1.03 bits per heavy atom. The molecule has 1 aliphatic rings. The van der Waals surface area contributed by atoms with Gasteiger partial charge in [0.2, 0.25) is 5.91 Å². The molecule has 0 bridgehead atoms. The highest BCUT2D eigenvalue weighted by molar-refractivity contribution is 5.85. The van der Waals surface area contributed by atoms with Gasteiger partial charge in [0.1, 0.15) is 36.1 Å². The molecule has 0 aromatic heterocycles. The Labute approximate surface area is 216 Å². The van der Waals surface area contributed by atoms with Gasteiger partial charge in [-0.3, -0.25) is 9.59 Å². The Morgan fingerprint density at radius 3 is 2.27 bits per heavy atom. The molecule has 2 amide bonds. The zero-order valence-electron chi connectivity index (χ0n) is 21.7. The van der Waals surface area contributed by atoms with Crippen molar-refractivity contribution in [1.82, 2.24) is 10.6 Å². The summed E-state index contributed by atoms with van der Waals surface area (Å²) in [6, 6.07) is -1.01. The molecule has 14 nitrogen and oxygen atoms in total. The lowest BCUT2D eigenvalue weighted by Gasteiger charge is -2.40. The summed E-state index contributed by atoms with van der Waals surface area (Å²) >= 11 is 0. The largest absolute Gasteiger partial charge is 0.481 e. The minimum atomic E-state index is -1.61. The van der Waals surface area contributed by atoms with E-state index in [1.807, 2.05) is 0 Å². The summed E-state index contributed by atoms with van der Waals surface area (Å²) in [4.78, 5) is 35.7. The topological polar surface area (TPSA) is 230 Å². The quantitative estimate of drug-likeness (QED) is 0.112. The number of carboxylic acids is 1. The number of aliphatic carboxylic acids is 1. The normalized spacial score (nSPS) is 25.7. The highest BCUT2D eigenvalue weighted by Gasteiger charge is 2.44. The van der Waals surface area contributed by atoms with Gasteiger partial charge in [0, 0.05) is 19.5 Å². The Bertz CT molecular complexity index is 717. The number of carbonyl (C=O) groups is 3. The van der Waals surface area contributed by atoms with E-state index in [0.29, 0.717) is 19.3 Å². The van der Waals surface area contributed by atoms with Crippen LogP contribution < -0.4 is 16.4 Å². The molecular formula is C23H43N3O11. The van der Waals surface area contributed by atoms with Crippen LogP contribution in [0.4, 0.5) is 4.79 Å². The fourth-order valence-electron chi connectivity index (χ4n) is 3.59.